The third kappa shape index (κ3) is 3.45. The van der Waals surface area contributed by atoms with Crippen molar-refractivity contribution in [1.29, 1.82) is 0 Å². The molecule has 0 saturated carbocycles. The second-order valence-electron chi connectivity index (χ2n) is 6.24. The molecule has 1 aromatic carbocycles. The molecule has 0 aliphatic carbocycles. The van der Waals surface area contributed by atoms with Crippen molar-refractivity contribution < 1.29 is 22.3 Å². The molecule has 8 heteroatoms. The number of halogens is 1. The average Bonchev–Trinajstić information content (AvgIpc) is 2.76. The molecule has 1 amide bonds. The van der Waals surface area contributed by atoms with Crippen molar-refractivity contribution in [3.8, 4) is 0 Å². The molecule has 2 fully saturated rings. The van der Waals surface area contributed by atoms with Crippen molar-refractivity contribution in [2.45, 2.75) is 24.3 Å². The first-order valence-corrected chi connectivity index (χ1v) is 9.45. The lowest BCUT2D eigenvalue weighted by atomic mass is 9.94. The molecule has 3 rings (SSSR count). The quantitative estimate of drug-likeness (QED) is 0.795. The predicted molar refractivity (Wildman–Crippen MR) is 85.3 cm³/mol. The molecule has 24 heavy (non-hydrogen) atoms. The monoisotopic (exact) mass is 356 g/mol. The van der Waals surface area contributed by atoms with Crippen LogP contribution in [0.3, 0.4) is 0 Å². The van der Waals surface area contributed by atoms with Gasteiger partial charge in [-0.25, -0.2) is 12.8 Å². The molecule has 0 bridgehead atoms. The fraction of sp³-hybridized carbons (Fsp3) is 0.562. The molecule has 0 aromatic heterocycles. The van der Waals surface area contributed by atoms with Crippen LogP contribution >= 0.6 is 0 Å². The summed E-state index contributed by atoms with van der Waals surface area (Å²) >= 11 is 0. The predicted octanol–water partition coefficient (Wildman–Crippen LogP) is 1.08. The summed E-state index contributed by atoms with van der Waals surface area (Å²) in [6.45, 7) is 3.62. The second-order valence-corrected chi connectivity index (χ2v) is 8.18. The molecule has 0 N–H and O–H groups in total. The molecule has 2 aliphatic heterocycles. The van der Waals surface area contributed by atoms with Crippen LogP contribution in [-0.2, 0) is 19.6 Å². The van der Waals surface area contributed by atoms with Gasteiger partial charge in [-0.05, 0) is 24.6 Å². The molecule has 0 spiro atoms. The standard InChI is InChI=1S/C16H21FN2O4S/c1-12(20)18-7-8-23-16-11-19(6-5-13(16)10-18)24(21,22)15-4-2-3-14(17)9-15/h2-4,9,13,16H,5-8,10-11H2,1H3/t13-,16+/m1/s1. The Bertz CT molecular complexity index is 725. The van der Waals surface area contributed by atoms with Gasteiger partial charge in [-0.1, -0.05) is 6.07 Å². The van der Waals surface area contributed by atoms with E-state index in [1.807, 2.05) is 0 Å². The molecule has 0 radical (unpaired) electrons. The zero-order valence-electron chi connectivity index (χ0n) is 13.5. The third-order valence-corrected chi connectivity index (χ3v) is 6.55. The van der Waals surface area contributed by atoms with Crippen LogP contribution in [0.1, 0.15) is 13.3 Å². The number of rotatable bonds is 2. The number of hydrogen-bond donors (Lipinski definition) is 0. The molecule has 2 saturated heterocycles. The largest absolute Gasteiger partial charge is 0.375 e. The van der Waals surface area contributed by atoms with E-state index >= 15 is 0 Å². The van der Waals surface area contributed by atoms with Crippen LogP contribution < -0.4 is 0 Å². The van der Waals surface area contributed by atoms with Crippen molar-refractivity contribution in [2.24, 2.45) is 5.92 Å². The first-order chi connectivity index (χ1) is 11.4. The lowest BCUT2D eigenvalue weighted by Crippen LogP contribution is -2.49. The van der Waals surface area contributed by atoms with Gasteiger partial charge in [-0.15, -0.1) is 0 Å². The molecule has 2 heterocycles. The lowest BCUT2D eigenvalue weighted by molar-refractivity contribution is -0.129. The molecular weight excluding hydrogens is 335 g/mol. The van der Waals surface area contributed by atoms with Gasteiger partial charge in [-0.2, -0.15) is 4.31 Å². The smallest absolute Gasteiger partial charge is 0.243 e. The van der Waals surface area contributed by atoms with E-state index in [0.717, 1.165) is 6.07 Å². The Balaban J connectivity index is 1.76. The van der Waals surface area contributed by atoms with Gasteiger partial charge < -0.3 is 9.64 Å². The summed E-state index contributed by atoms with van der Waals surface area (Å²) in [4.78, 5) is 13.3. The number of ether oxygens (including phenoxy) is 1. The van der Waals surface area contributed by atoms with Gasteiger partial charge in [0, 0.05) is 39.0 Å². The topological polar surface area (TPSA) is 66.9 Å². The highest BCUT2D eigenvalue weighted by molar-refractivity contribution is 7.89. The zero-order valence-corrected chi connectivity index (χ0v) is 14.3. The van der Waals surface area contributed by atoms with Gasteiger partial charge in [0.2, 0.25) is 15.9 Å². The first kappa shape index (κ1) is 17.3. The Morgan fingerprint density at radius 2 is 2.08 bits per heavy atom. The summed E-state index contributed by atoms with van der Waals surface area (Å²) in [6, 6.07) is 5.04. The number of nitrogens with zero attached hydrogens (tertiary/aromatic N) is 2. The molecular formula is C16H21FN2O4S. The number of carbonyl (C=O) groups excluding carboxylic acids is 1. The molecule has 0 unspecified atom stereocenters. The maximum Gasteiger partial charge on any atom is 0.243 e. The van der Waals surface area contributed by atoms with E-state index in [2.05, 4.69) is 0 Å². The maximum absolute atomic E-state index is 13.4. The zero-order chi connectivity index (χ0) is 17.3. The molecule has 6 nitrogen and oxygen atoms in total. The van der Waals surface area contributed by atoms with E-state index < -0.39 is 15.8 Å². The van der Waals surface area contributed by atoms with Crippen molar-refractivity contribution in [2.75, 3.05) is 32.8 Å². The molecule has 132 valence electrons. The van der Waals surface area contributed by atoms with E-state index in [-0.39, 0.29) is 29.4 Å². The number of benzene rings is 1. The van der Waals surface area contributed by atoms with Crippen LogP contribution in [0.4, 0.5) is 4.39 Å². The van der Waals surface area contributed by atoms with Crippen LogP contribution in [0.25, 0.3) is 0 Å². The van der Waals surface area contributed by atoms with E-state index in [0.29, 0.717) is 32.7 Å². The molecule has 1 aromatic rings. The van der Waals surface area contributed by atoms with E-state index in [4.69, 9.17) is 4.74 Å². The van der Waals surface area contributed by atoms with Crippen LogP contribution in [0.5, 0.6) is 0 Å². The SMILES string of the molecule is CC(=O)N1CCO[C@H]2CN(S(=O)(=O)c3cccc(F)c3)CC[C@@H]2C1. The maximum atomic E-state index is 13.4. The van der Waals surface area contributed by atoms with Crippen molar-refractivity contribution in [3.05, 3.63) is 30.1 Å². The van der Waals surface area contributed by atoms with Gasteiger partial charge in [0.1, 0.15) is 5.82 Å². The van der Waals surface area contributed by atoms with Gasteiger partial charge in [0.15, 0.2) is 0 Å². The van der Waals surface area contributed by atoms with E-state index in [9.17, 15) is 17.6 Å². The summed E-state index contributed by atoms with van der Waals surface area (Å²) < 4.78 is 45.9. The van der Waals surface area contributed by atoms with Crippen LogP contribution in [-0.4, -0.2) is 62.4 Å². The Morgan fingerprint density at radius 1 is 1.29 bits per heavy atom. The van der Waals surface area contributed by atoms with E-state index in [1.54, 1.807) is 4.90 Å². The Morgan fingerprint density at radius 3 is 2.79 bits per heavy atom. The highest BCUT2D eigenvalue weighted by Gasteiger charge is 2.38. The Hall–Kier alpha value is -1.51. The highest BCUT2D eigenvalue weighted by Crippen LogP contribution is 2.28. The summed E-state index contributed by atoms with van der Waals surface area (Å²) in [5, 5.41) is 0. The lowest BCUT2D eigenvalue weighted by Gasteiger charge is -2.37. The Labute approximate surface area is 141 Å². The second kappa shape index (κ2) is 6.78. The summed E-state index contributed by atoms with van der Waals surface area (Å²) in [7, 11) is -3.74. The van der Waals surface area contributed by atoms with Gasteiger partial charge >= 0.3 is 0 Å². The summed E-state index contributed by atoms with van der Waals surface area (Å²) in [6.07, 6.45) is 0.370. The minimum absolute atomic E-state index is 0.00839. The average molecular weight is 356 g/mol. The first-order valence-electron chi connectivity index (χ1n) is 8.01. The normalized spacial score (nSPS) is 25.8. The van der Waals surface area contributed by atoms with Crippen LogP contribution in [0.2, 0.25) is 0 Å². The Kier molecular flexibility index (Phi) is 4.89. The number of fused-ring (bicyclic) bond motifs is 1. The van der Waals surface area contributed by atoms with Gasteiger partial charge in [0.05, 0.1) is 17.6 Å². The number of carbonyl (C=O) groups is 1. The van der Waals surface area contributed by atoms with Crippen molar-refractivity contribution in [1.82, 2.24) is 9.21 Å². The highest BCUT2D eigenvalue weighted by atomic mass is 32.2. The molecule has 2 aliphatic rings. The third-order valence-electron chi connectivity index (χ3n) is 4.69. The summed E-state index contributed by atoms with van der Waals surface area (Å²) in [5.74, 6) is -0.446. The van der Waals surface area contributed by atoms with Crippen molar-refractivity contribution in [3.63, 3.8) is 0 Å². The van der Waals surface area contributed by atoms with E-state index in [1.165, 1.54) is 29.4 Å². The number of hydrogen-bond acceptors (Lipinski definition) is 4. The minimum Gasteiger partial charge on any atom is -0.375 e. The number of amides is 1. The molecule has 2 atom stereocenters. The van der Waals surface area contributed by atoms with Gasteiger partial charge in [-0.3, -0.25) is 4.79 Å². The fourth-order valence-corrected chi connectivity index (χ4v) is 4.80. The summed E-state index contributed by atoms with van der Waals surface area (Å²) in [5.41, 5.74) is 0. The van der Waals surface area contributed by atoms with Crippen LogP contribution in [0, 0.1) is 11.7 Å². The number of piperidine rings is 1. The van der Waals surface area contributed by atoms with Gasteiger partial charge in [0.25, 0.3) is 0 Å². The van der Waals surface area contributed by atoms with Crippen LogP contribution in [0.15, 0.2) is 29.2 Å². The minimum atomic E-state index is -3.74. The number of sulfonamides is 1. The fourth-order valence-electron chi connectivity index (χ4n) is 3.30. The van der Waals surface area contributed by atoms with Crippen molar-refractivity contribution >= 4 is 15.9 Å².